The molecular formula is C134H96Ir2N10OS. The number of nitrogens with zero attached hydrogens (tertiary/aromatic N) is 10. The van der Waals surface area contributed by atoms with E-state index in [4.69, 9.17) is 14.6 Å². The van der Waals surface area contributed by atoms with Gasteiger partial charge >= 0.3 is 40.2 Å². The summed E-state index contributed by atoms with van der Waals surface area (Å²) in [4.78, 5) is 8.98. The van der Waals surface area contributed by atoms with Crippen LogP contribution in [0, 0.1) is 64.1 Å². The van der Waals surface area contributed by atoms with E-state index in [2.05, 4.69) is 363 Å². The molecule has 0 unspecified atom stereocenters. The Balaban J connectivity index is 0.000000111. The van der Waals surface area contributed by atoms with E-state index in [1.54, 1.807) is 0 Å². The van der Waals surface area contributed by atoms with Crippen LogP contribution >= 0.6 is 11.3 Å². The Morgan fingerprint density at radius 2 is 0.541 bits per heavy atom. The van der Waals surface area contributed by atoms with E-state index in [0.717, 1.165) is 123 Å². The number of rotatable bonds is 16. The third-order valence-electron chi connectivity index (χ3n) is 25.6. The van der Waals surface area contributed by atoms with Crippen LogP contribution in [-0.2, 0) is 40.2 Å². The monoisotopic (exact) mass is 2280 g/mol. The minimum Gasteiger partial charge on any atom is -0.456 e. The predicted octanol–water partition coefficient (Wildman–Crippen LogP) is 34.0. The van der Waals surface area contributed by atoms with Crippen molar-refractivity contribution in [1.82, 2.24) is 49.1 Å². The summed E-state index contributed by atoms with van der Waals surface area (Å²) < 4.78 is 16.3. The number of furan rings is 1. The number of thiophene rings is 1. The summed E-state index contributed by atoms with van der Waals surface area (Å²) in [5, 5.41) is 23.3. The van der Waals surface area contributed by atoms with Gasteiger partial charge in [0, 0.05) is 89.4 Å². The standard InChI is InChI=1S/2C23H19N2.C23H14NO.C23H14NS.2C21H15N2.2Ir/c2*1-17-23(18(2)25(24-17)22-11-7-4-8-12-22)21-15-13-20(14-16-21)19-9-5-3-6-10-19;2*1-2-6-16(7-3-1)21-14-18(12-13-24-21)17-10-11-20-19-8-4-5-9-22(19)25-23(20)15-17;2*1-3-7-17(8-4-1)18-11-13-19(14-12-18)20-15-22-23(16-20)21-9-5-2-6-10-21;;/h2*3-11,13-16H,1-2H3;2*1-6,8-15H;2*1-9,11-16H;;/q6*-1;2*+3. The summed E-state index contributed by atoms with van der Waals surface area (Å²) in [6, 6.07) is 181. The Kier molecular flexibility index (Phi) is 31.7. The molecule has 0 aliphatic heterocycles. The number of para-hydroxylation sites is 5. The van der Waals surface area contributed by atoms with Crippen molar-refractivity contribution in [2.45, 2.75) is 27.7 Å². The zero-order valence-electron chi connectivity index (χ0n) is 81.5. The normalized spacial score (nSPS) is 10.7. The zero-order valence-corrected chi connectivity index (χ0v) is 87.1. The van der Waals surface area contributed by atoms with E-state index in [0.29, 0.717) is 0 Å². The van der Waals surface area contributed by atoms with E-state index in [1.165, 1.54) is 98.1 Å². The predicted molar refractivity (Wildman–Crippen MR) is 600 cm³/mol. The molecule has 0 bridgehead atoms. The third-order valence-corrected chi connectivity index (χ3v) is 26.7. The average Bonchev–Trinajstić information content (AvgIpc) is 1.63. The summed E-state index contributed by atoms with van der Waals surface area (Å²) in [6.45, 7) is 8.35. The van der Waals surface area contributed by atoms with Crippen LogP contribution < -0.4 is 0 Å². The maximum atomic E-state index is 6.01. The summed E-state index contributed by atoms with van der Waals surface area (Å²) >= 11 is 1.85. The molecule has 148 heavy (non-hydrogen) atoms. The van der Waals surface area contributed by atoms with Crippen LogP contribution in [0.1, 0.15) is 22.8 Å². The molecule has 0 saturated carbocycles. The number of hydrogen-bond donors (Lipinski definition) is 0. The molecule has 0 N–H and O–H groups in total. The van der Waals surface area contributed by atoms with Gasteiger partial charge in [-0.25, -0.2) is 0 Å². The van der Waals surface area contributed by atoms with Crippen LogP contribution in [0.3, 0.4) is 0 Å². The summed E-state index contributed by atoms with van der Waals surface area (Å²) in [5.74, 6) is 0. The van der Waals surface area contributed by atoms with Crippen LogP contribution in [0.15, 0.2) is 515 Å². The Bertz CT molecular complexity index is 8300. The Labute approximate surface area is 893 Å². The first kappa shape index (κ1) is 99.2. The average molecular weight is 2280 g/mol. The maximum absolute atomic E-state index is 6.01. The molecule has 0 radical (unpaired) electrons. The quantitative estimate of drug-likeness (QED) is 0.0886. The smallest absolute Gasteiger partial charge is 0.456 e. The van der Waals surface area contributed by atoms with Gasteiger partial charge in [-0.3, -0.25) is 18.7 Å². The van der Waals surface area contributed by atoms with E-state index in [1.807, 2.05) is 261 Å². The second kappa shape index (κ2) is 47.3. The second-order valence-electron chi connectivity index (χ2n) is 35.1. The minimum absolute atomic E-state index is 0. The molecule has 712 valence electrons. The van der Waals surface area contributed by atoms with Crippen LogP contribution in [-0.4, -0.2) is 49.1 Å². The zero-order chi connectivity index (χ0) is 98.7. The molecule has 0 atom stereocenters. The number of benzene rings is 18. The molecule has 0 aliphatic carbocycles. The number of pyridine rings is 2. The van der Waals surface area contributed by atoms with Gasteiger partial charge in [0.15, 0.2) is 0 Å². The van der Waals surface area contributed by atoms with Crippen LogP contribution in [0.4, 0.5) is 0 Å². The van der Waals surface area contributed by atoms with Gasteiger partial charge in [-0.05, 0) is 193 Å². The molecule has 8 aromatic heterocycles. The van der Waals surface area contributed by atoms with E-state index < -0.39 is 0 Å². The number of hydrogen-bond acceptors (Lipinski definition) is 8. The molecule has 0 saturated heterocycles. The van der Waals surface area contributed by atoms with Crippen LogP contribution in [0.25, 0.3) is 199 Å². The van der Waals surface area contributed by atoms with Gasteiger partial charge in [0.25, 0.3) is 0 Å². The first-order chi connectivity index (χ1) is 72.0. The van der Waals surface area contributed by atoms with Crippen molar-refractivity contribution in [1.29, 1.82) is 0 Å². The molecule has 11 nitrogen and oxygen atoms in total. The minimum atomic E-state index is 0. The number of fused-ring (bicyclic) bond motifs is 6. The van der Waals surface area contributed by atoms with E-state index >= 15 is 0 Å². The van der Waals surface area contributed by atoms with Gasteiger partial charge in [0.2, 0.25) is 0 Å². The van der Waals surface area contributed by atoms with Crippen molar-refractivity contribution in [3.63, 3.8) is 0 Å². The first-order valence-corrected chi connectivity index (χ1v) is 49.3. The van der Waals surface area contributed by atoms with Crippen LogP contribution in [0.5, 0.6) is 0 Å². The Hall–Kier alpha value is -17.6. The Morgan fingerprint density at radius 3 is 0.932 bits per heavy atom. The molecule has 0 fully saturated rings. The van der Waals surface area contributed by atoms with E-state index in [-0.39, 0.29) is 40.2 Å². The summed E-state index contributed by atoms with van der Waals surface area (Å²) in [5.41, 5.74) is 37.6. The molecule has 8 heterocycles. The molecule has 26 aromatic rings. The van der Waals surface area contributed by atoms with Gasteiger partial charge in [-0.15, -0.1) is 107 Å². The summed E-state index contributed by atoms with van der Waals surface area (Å²) in [7, 11) is 0. The topological polar surface area (TPSA) is 110 Å². The van der Waals surface area contributed by atoms with Gasteiger partial charge in [0.1, 0.15) is 11.2 Å². The van der Waals surface area contributed by atoms with Gasteiger partial charge < -0.3 is 14.4 Å². The number of aromatic nitrogens is 10. The van der Waals surface area contributed by atoms with Crippen LogP contribution in [0.2, 0.25) is 0 Å². The molecule has 0 amide bonds. The fraction of sp³-hybridized carbons (Fsp3) is 0.0299. The SMILES string of the molecule is Cc1nn(-c2[c-]cccc2)c(C)c1-c1ccc(-c2ccccc2)cc1.Cc1nn(-c2[c-]cccc2)c(C)c1-c1ccc(-c2ccccc2)cc1.[Ir+3].[Ir+3].[c-]1ccccc1-c1cc(-c2ccc3c(c2)oc2ccccc23)ccn1.[c-]1ccccc1-c1cc(-c2ccc3c(c2)sc2ccccc23)ccn1.[c-]1ccccc1-n1cc(-c2ccc(-c3ccccc3)cc2)cn1.[c-]1ccccc1-n1cc(-c2ccc(-c3ccccc3)cc2)cn1. The second-order valence-corrected chi connectivity index (χ2v) is 36.1. The molecular weight excluding hydrogens is 2180 g/mol. The molecule has 0 aliphatic rings. The molecule has 14 heteroatoms. The maximum Gasteiger partial charge on any atom is 3.00 e. The van der Waals surface area contributed by atoms with Crippen molar-refractivity contribution >= 4 is 53.4 Å². The fourth-order valence-corrected chi connectivity index (χ4v) is 19.3. The van der Waals surface area contributed by atoms with Crippen molar-refractivity contribution < 1.29 is 44.6 Å². The van der Waals surface area contributed by atoms with Crippen molar-refractivity contribution in [2.75, 3.05) is 0 Å². The van der Waals surface area contributed by atoms with Crippen molar-refractivity contribution in [3.8, 4) is 157 Å². The molecule has 26 rings (SSSR count). The molecule has 0 spiro atoms. The van der Waals surface area contributed by atoms with Crippen molar-refractivity contribution in [3.05, 3.63) is 570 Å². The van der Waals surface area contributed by atoms with E-state index in [9.17, 15) is 0 Å². The summed E-state index contributed by atoms with van der Waals surface area (Å²) in [6.07, 6.45) is 11.6. The number of aryl methyl sites for hydroxylation is 2. The van der Waals surface area contributed by atoms with Crippen molar-refractivity contribution in [2.24, 2.45) is 0 Å². The molecule has 18 aromatic carbocycles. The Morgan fingerprint density at radius 1 is 0.236 bits per heavy atom. The van der Waals surface area contributed by atoms with Gasteiger partial charge in [-0.1, -0.05) is 285 Å². The van der Waals surface area contributed by atoms with Gasteiger partial charge in [-0.2, -0.15) is 117 Å². The largest absolute Gasteiger partial charge is 3.00 e. The third kappa shape index (κ3) is 23.1. The fourth-order valence-electron chi connectivity index (χ4n) is 18.2. The first-order valence-electron chi connectivity index (χ1n) is 48.5. The van der Waals surface area contributed by atoms with Gasteiger partial charge in [0.05, 0.1) is 23.8 Å².